The average Bonchev–Trinajstić information content (AvgIpc) is 2.81. The predicted molar refractivity (Wildman–Crippen MR) is 62.7 cm³/mol. The first kappa shape index (κ1) is 11.9. The lowest BCUT2D eigenvalue weighted by Crippen LogP contribution is -2.04. The lowest BCUT2D eigenvalue weighted by molar-refractivity contribution is 0.0601. The van der Waals surface area contributed by atoms with Crippen LogP contribution in [0.15, 0.2) is 24.8 Å². The van der Waals surface area contributed by atoms with Crippen molar-refractivity contribution in [3.05, 3.63) is 40.4 Å². The summed E-state index contributed by atoms with van der Waals surface area (Å²) in [6, 6.07) is 3.00. The van der Waals surface area contributed by atoms with Crippen LogP contribution in [-0.2, 0) is 4.74 Å². The number of ether oxygens (including phenoxy) is 1. The van der Waals surface area contributed by atoms with Crippen molar-refractivity contribution in [2.45, 2.75) is 0 Å². The van der Waals surface area contributed by atoms with Crippen LogP contribution in [-0.4, -0.2) is 27.8 Å². The molecule has 0 amide bonds. The van der Waals surface area contributed by atoms with Gasteiger partial charge < -0.3 is 4.74 Å². The standard InChI is InChI=1S/C10H7Cl2N3O2/c1-17-10(16)6-2-9(8(12)3-7(6)11)15-4-13-14-5-15/h2-5H,1H3. The van der Waals surface area contributed by atoms with E-state index in [1.807, 2.05) is 0 Å². The maximum absolute atomic E-state index is 11.5. The van der Waals surface area contributed by atoms with Crippen LogP contribution in [0.25, 0.3) is 5.69 Å². The Morgan fingerprint density at radius 1 is 1.24 bits per heavy atom. The second-order valence-corrected chi connectivity index (χ2v) is 3.96. The summed E-state index contributed by atoms with van der Waals surface area (Å²) in [5.74, 6) is -0.527. The minimum Gasteiger partial charge on any atom is -0.465 e. The van der Waals surface area contributed by atoms with Crippen molar-refractivity contribution in [2.75, 3.05) is 7.11 Å². The van der Waals surface area contributed by atoms with Crippen molar-refractivity contribution >= 4 is 29.2 Å². The van der Waals surface area contributed by atoms with Crippen LogP contribution in [0.3, 0.4) is 0 Å². The number of aromatic nitrogens is 3. The third-order valence-electron chi connectivity index (χ3n) is 2.14. The first-order chi connectivity index (χ1) is 8.13. The van der Waals surface area contributed by atoms with Gasteiger partial charge in [0.15, 0.2) is 0 Å². The van der Waals surface area contributed by atoms with E-state index in [2.05, 4.69) is 14.9 Å². The number of benzene rings is 1. The molecule has 7 heteroatoms. The summed E-state index contributed by atoms with van der Waals surface area (Å²) >= 11 is 11.9. The minimum atomic E-state index is -0.527. The van der Waals surface area contributed by atoms with Gasteiger partial charge in [-0.2, -0.15) is 0 Å². The Morgan fingerprint density at radius 3 is 2.47 bits per heavy atom. The van der Waals surface area contributed by atoms with Gasteiger partial charge in [-0.15, -0.1) is 10.2 Å². The van der Waals surface area contributed by atoms with Crippen molar-refractivity contribution in [3.63, 3.8) is 0 Å². The molecular formula is C10H7Cl2N3O2. The fourth-order valence-electron chi connectivity index (χ4n) is 1.33. The molecule has 0 spiro atoms. The van der Waals surface area contributed by atoms with Gasteiger partial charge in [0, 0.05) is 0 Å². The lowest BCUT2D eigenvalue weighted by Gasteiger charge is -2.08. The van der Waals surface area contributed by atoms with E-state index >= 15 is 0 Å². The topological polar surface area (TPSA) is 57.0 Å². The van der Waals surface area contributed by atoms with Gasteiger partial charge >= 0.3 is 5.97 Å². The zero-order valence-electron chi connectivity index (χ0n) is 8.72. The molecule has 2 aromatic rings. The average molecular weight is 272 g/mol. The highest BCUT2D eigenvalue weighted by atomic mass is 35.5. The molecule has 0 aliphatic carbocycles. The van der Waals surface area contributed by atoms with Crippen LogP contribution < -0.4 is 0 Å². The Hall–Kier alpha value is -1.59. The molecular weight excluding hydrogens is 265 g/mol. The lowest BCUT2D eigenvalue weighted by atomic mass is 10.2. The number of carbonyl (C=O) groups excluding carboxylic acids is 1. The zero-order valence-corrected chi connectivity index (χ0v) is 10.2. The molecule has 88 valence electrons. The Kier molecular flexibility index (Phi) is 3.31. The summed E-state index contributed by atoms with van der Waals surface area (Å²) in [4.78, 5) is 11.5. The normalized spacial score (nSPS) is 10.3. The van der Waals surface area contributed by atoms with E-state index in [1.165, 1.54) is 31.9 Å². The Labute approximate surface area is 107 Å². The van der Waals surface area contributed by atoms with E-state index in [1.54, 1.807) is 4.57 Å². The molecule has 0 aliphatic rings. The zero-order chi connectivity index (χ0) is 12.4. The smallest absolute Gasteiger partial charge is 0.339 e. The van der Waals surface area contributed by atoms with E-state index in [4.69, 9.17) is 23.2 Å². The van der Waals surface area contributed by atoms with Crippen molar-refractivity contribution in [1.82, 2.24) is 14.8 Å². The van der Waals surface area contributed by atoms with Crippen LogP contribution in [0.5, 0.6) is 0 Å². The molecule has 5 nitrogen and oxygen atoms in total. The number of esters is 1. The van der Waals surface area contributed by atoms with Gasteiger partial charge in [-0.05, 0) is 12.1 Å². The van der Waals surface area contributed by atoms with Crippen molar-refractivity contribution in [3.8, 4) is 5.69 Å². The molecule has 0 radical (unpaired) electrons. The molecule has 17 heavy (non-hydrogen) atoms. The number of carbonyl (C=O) groups is 1. The maximum atomic E-state index is 11.5. The van der Waals surface area contributed by atoms with Crippen molar-refractivity contribution in [2.24, 2.45) is 0 Å². The molecule has 0 bridgehead atoms. The van der Waals surface area contributed by atoms with Crippen LogP contribution in [0, 0.1) is 0 Å². The predicted octanol–water partition coefficient (Wildman–Crippen LogP) is 2.36. The highest BCUT2D eigenvalue weighted by Crippen LogP contribution is 2.28. The Morgan fingerprint density at radius 2 is 1.88 bits per heavy atom. The Bertz CT molecular complexity index is 555. The monoisotopic (exact) mass is 271 g/mol. The summed E-state index contributed by atoms with van der Waals surface area (Å²) in [5.41, 5.74) is 0.795. The molecule has 0 N–H and O–H groups in total. The summed E-state index contributed by atoms with van der Waals surface area (Å²) < 4.78 is 6.20. The van der Waals surface area contributed by atoms with E-state index in [-0.39, 0.29) is 10.6 Å². The molecule has 0 atom stereocenters. The second-order valence-electron chi connectivity index (χ2n) is 3.14. The second kappa shape index (κ2) is 4.73. The van der Waals surface area contributed by atoms with Crippen LogP contribution in [0.4, 0.5) is 0 Å². The van der Waals surface area contributed by atoms with Gasteiger partial charge in [0.25, 0.3) is 0 Å². The fourth-order valence-corrected chi connectivity index (χ4v) is 1.88. The van der Waals surface area contributed by atoms with E-state index in [0.717, 1.165) is 0 Å². The Balaban J connectivity index is 2.58. The van der Waals surface area contributed by atoms with Gasteiger partial charge in [-0.1, -0.05) is 23.2 Å². The molecule has 1 heterocycles. The number of nitrogens with zero attached hydrogens (tertiary/aromatic N) is 3. The highest BCUT2D eigenvalue weighted by molar-refractivity contribution is 6.37. The minimum absolute atomic E-state index is 0.235. The van der Waals surface area contributed by atoms with Crippen molar-refractivity contribution in [1.29, 1.82) is 0 Å². The van der Waals surface area contributed by atoms with Crippen LogP contribution in [0.2, 0.25) is 10.0 Å². The molecule has 0 aliphatic heterocycles. The molecule has 2 rings (SSSR count). The largest absolute Gasteiger partial charge is 0.465 e. The molecule has 1 aromatic heterocycles. The molecule has 0 saturated heterocycles. The summed E-state index contributed by atoms with van der Waals surface area (Å²) in [7, 11) is 1.28. The quantitative estimate of drug-likeness (QED) is 0.787. The summed E-state index contributed by atoms with van der Waals surface area (Å²) in [5, 5.41) is 7.95. The molecule has 0 saturated carbocycles. The van der Waals surface area contributed by atoms with Gasteiger partial charge in [0.05, 0.1) is 28.4 Å². The van der Waals surface area contributed by atoms with E-state index in [0.29, 0.717) is 10.7 Å². The number of rotatable bonds is 2. The molecule has 0 unspecified atom stereocenters. The van der Waals surface area contributed by atoms with E-state index in [9.17, 15) is 4.79 Å². The number of hydrogen-bond acceptors (Lipinski definition) is 4. The first-order valence-electron chi connectivity index (χ1n) is 4.56. The maximum Gasteiger partial charge on any atom is 0.339 e. The van der Waals surface area contributed by atoms with Gasteiger partial charge in [0.1, 0.15) is 12.7 Å². The fraction of sp³-hybridized carbons (Fsp3) is 0.100. The summed E-state index contributed by atoms with van der Waals surface area (Å²) in [6.45, 7) is 0. The van der Waals surface area contributed by atoms with Gasteiger partial charge in [-0.25, -0.2) is 4.79 Å². The van der Waals surface area contributed by atoms with Crippen LogP contribution >= 0.6 is 23.2 Å². The van der Waals surface area contributed by atoms with Gasteiger partial charge in [-0.3, -0.25) is 4.57 Å². The number of hydrogen-bond donors (Lipinski definition) is 0. The number of halogens is 2. The molecule has 1 aromatic carbocycles. The number of methoxy groups -OCH3 is 1. The first-order valence-corrected chi connectivity index (χ1v) is 5.31. The SMILES string of the molecule is COC(=O)c1cc(-n2cnnc2)c(Cl)cc1Cl. The third kappa shape index (κ3) is 2.25. The van der Waals surface area contributed by atoms with Crippen molar-refractivity contribution < 1.29 is 9.53 Å². The van der Waals surface area contributed by atoms with E-state index < -0.39 is 5.97 Å². The third-order valence-corrected chi connectivity index (χ3v) is 2.75. The molecule has 0 fully saturated rings. The van der Waals surface area contributed by atoms with Gasteiger partial charge in [0.2, 0.25) is 0 Å². The summed E-state index contributed by atoms with van der Waals surface area (Å²) in [6.07, 6.45) is 2.94. The highest BCUT2D eigenvalue weighted by Gasteiger charge is 2.15. The van der Waals surface area contributed by atoms with Crippen LogP contribution in [0.1, 0.15) is 10.4 Å².